The summed E-state index contributed by atoms with van der Waals surface area (Å²) in [6.07, 6.45) is 3.88. The van der Waals surface area contributed by atoms with Gasteiger partial charge in [0, 0.05) is 23.0 Å². The van der Waals surface area contributed by atoms with E-state index < -0.39 is 0 Å². The van der Waals surface area contributed by atoms with Crippen LogP contribution in [0.1, 0.15) is 33.6 Å². The van der Waals surface area contributed by atoms with Crippen LogP contribution >= 0.6 is 0 Å². The van der Waals surface area contributed by atoms with E-state index in [1.807, 2.05) is 48.9 Å². The van der Waals surface area contributed by atoms with E-state index in [1.54, 1.807) is 0 Å². The molecule has 0 fully saturated rings. The highest BCUT2D eigenvalue weighted by Gasteiger charge is 2.12. The zero-order chi connectivity index (χ0) is 14.5. The molecule has 108 valence electrons. The van der Waals surface area contributed by atoms with Crippen molar-refractivity contribution in [1.29, 1.82) is 0 Å². The molecule has 0 radical (unpaired) electrons. The largest absolute Gasteiger partial charge is 0.494 e. The molecule has 0 aliphatic carbocycles. The molecule has 3 nitrogen and oxygen atoms in total. The molecule has 2 rings (SSSR count). The monoisotopic (exact) mass is 273 g/mol. The second kappa shape index (κ2) is 6.60. The Hall–Kier alpha value is -1.77. The number of carbonyl (C=O) groups excluding carboxylic acids is 1. The van der Waals surface area contributed by atoms with Gasteiger partial charge in [-0.3, -0.25) is 4.79 Å². The maximum Gasteiger partial charge on any atom is 0.155 e. The molecule has 0 amide bonds. The molecule has 1 unspecified atom stereocenters. The Labute approximate surface area is 120 Å². The number of aromatic nitrogens is 1. The van der Waals surface area contributed by atoms with E-state index in [1.165, 1.54) is 0 Å². The zero-order valence-corrected chi connectivity index (χ0v) is 12.6. The minimum atomic E-state index is 0.125. The van der Waals surface area contributed by atoms with Crippen LogP contribution in [-0.4, -0.2) is 17.0 Å². The molecule has 1 heterocycles. The van der Waals surface area contributed by atoms with E-state index in [0.717, 1.165) is 36.1 Å². The summed E-state index contributed by atoms with van der Waals surface area (Å²) in [5, 5.41) is 1.12. The molecule has 0 saturated heterocycles. The molecule has 0 aliphatic rings. The summed E-state index contributed by atoms with van der Waals surface area (Å²) in [5.41, 5.74) is 1.09. The number of carbonyl (C=O) groups is 1. The molecule has 2 aromatic rings. The van der Waals surface area contributed by atoms with Crippen LogP contribution in [0.25, 0.3) is 10.9 Å². The highest BCUT2D eigenvalue weighted by Crippen LogP contribution is 2.22. The van der Waals surface area contributed by atoms with Gasteiger partial charge in [-0.2, -0.15) is 0 Å². The lowest BCUT2D eigenvalue weighted by molar-refractivity contribution is -0.122. The van der Waals surface area contributed by atoms with Crippen LogP contribution in [0.5, 0.6) is 5.75 Å². The minimum absolute atomic E-state index is 0.125. The quantitative estimate of drug-likeness (QED) is 0.762. The van der Waals surface area contributed by atoms with Gasteiger partial charge in [-0.05, 0) is 37.1 Å². The van der Waals surface area contributed by atoms with Gasteiger partial charge in [-0.1, -0.05) is 20.8 Å². The average Bonchev–Trinajstić information content (AvgIpc) is 2.86. The maximum absolute atomic E-state index is 12.0. The standard InChI is InChI=1S/C17H23NO2/c1-4-10-20-15-6-7-16-14(11-15)8-9-18(16)12-17(19)13(3)5-2/h6-9,11,13H,4-5,10,12H2,1-3H3. The molecule has 0 aliphatic heterocycles. The summed E-state index contributed by atoms with van der Waals surface area (Å²) in [7, 11) is 0. The van der Waals surface area contributed by atoms with Crippen LogP contribution in [-0.2, 0) is 11.3 Å². The highest BCUT2D eigenvalue weighted by atomic mass is 16.5. The third-order valence-electron chi connectivity index (χ3n) is 3.70. The van der Waals surface area contributed by atoms with E-state index in [9.17, 15) is 4.79 Å². The SMILES string of the molecule is CCCOc1ccc2c(ccn2CC(=O)C(C)CC)c1. The van der Waals surface area contributed by atoms with Crippen molar-refractivity contribution in [3.8, 4) is 5.75 Å². The molecule has 0 bridgehead atoms. The average molecular weight is 273 g/mol. The first kappa shape index (κ1) is 14.6. The summed E-state index contributed by atoms with van der Waals surface area (Å²) >= 11 is 0. The Morgan fingerprint density at radius 3 is 2.80 bits per heavy atom. The van der Waals surface area contributed by atoms with Gasteiger partial charge >= 0.3 is 0 Å². The zero-order valence-electron chi connectivity index (χ0n) is 12.6. The van der Waals surface area contributed by atoms with Gasteiger partial charge in [-0.25, -0.2) is 0 Å². The lowest BCUT2D eigenvalue weighted by Gasteiger charge is -2.10. The number of rotatable bonds is 7. The number of Topliss-reactive ketones (excluding diaryl/α,β-unsaturated/α-hetero) is 1. The van der Waals surface area contributed by atoms with E-state index >= 15 is 0 Å². The summed E-state index contributed by atoms with van der Waals surface area (Å²) in [5.74, 6) is 1.31. The van der Waals surface area contributed by atoms with Crippen molar-refractivity contribution in [3.63, 3.8) is 0 Å². The van der Waals surface area contributed by atoms with Gasteiger partial charge in [0.05, 0.1) is 13.2 Å². The topological polar surface area (TPSA) is 31.2 Å². The van der Waals surface area contributed by atoms with Crippen LogP contribution in [0.15, 0.2) is 30.5 Å². The fourth-order valence-corrected chi connectivity index (χ4v) is 2.18. The number of fused-ring (bicyclic) bond motifs is 1. The van der Waals surface area contributed by atoms with Crippen molar-refractivity contribution in [2.75, 3.05) is 6.61 Å². The number of nitrogens with zero attached hydrogens (tertiary/aromatic N) is 1. The van der Waals surface area contributed by atoms with E-state index in [0.29, 0.717) is 6.54 Å². The van der Waals surface area contributed by atoms with Crippen molar-refractivity contribution in [3.05, 3.63) is 30.5 Å². The lowest BCUT2D eigenvalue weighted by Crippen LogP contribution is -2.16. The third kappa shape index (κ3) is 3.21. The lowest BCUT2D eigenvalue weighted by atomic mass is 10.0. The van der Waals surface area contributed by atoms with Gasteiger partial charge in [-0.15, -0.1) is 0 Å². The molecular formula is C17H23NO2. The first-order chi connectivity index (χ1) is 9.65. The van der Waals surface area contributed by atoms with Gasteiger partial charge in [0.2, 0.25) is 0 Å². The summed E-state index contributed by atoms with van der Waals surface area (Å²) in [6, 6.07) is 8.08. The first-order valence-electron chi connectivity index (χ1n) is 7.40. The third-order valence-corrected chi connectivity index (χ3v) is 3.70. The summed E-state index contributed by atoms with van der Waals surface area (Å²) in [6.45, 7) is 7.32. The Kier molecular flexibility index (Phi) is 4.83. The number of ketones is 1. The molecule has 3 heteroatoms. The van der Waals surface area contributed by atoms with Crippen LogP contribution in [0.4, 0.5) is 0 Å². The predicted molar refractivity (Wildman–Crippen MR) is 82.2 cm³/mol. The number of hydrogen-bond acceptors (Lipinski definition) is 2. The second-order valence-electron chi connectivity index (χ2n) is 5.29. The minimum Gasteiger partial charge on any atom is -0.494 e. The van der Waals surface area contributed by atoms with Crippen LogP contribution in [0.3, 0.4) is 0 Å². The maximum atomic E-state index is 12.0. The highest BCUT2D eigenvalue weighted by molar-refractivity contribution is 5.85. The Morgan fingerprint density at radius 1 is 1.30 bits per heavy atom. The van der Waals surface area contributed by atoms with Crippen LogP contribution in [0, 0.1) is 5.92 Å². The van der Waals surface area contributed by atoms with Crippen molar-refractivity contribution >= 4 is 16.7 Å². The van der Waals surface area contributed by atoms with E-state index in [4.69, 9.17) is 4.74 Å². The van der Waals surface area contributed by atoms with Crippen molar-refractivity contribution in [2.45, 2.75) is 40.2 Å². The van der Waals surface area contributed by atoms with Crippen LogP contribution in [0.2, 0.25) is 0 Å². The summed E-state index contributed by atoms with van der Waals surface area (Å²) in [4.78, 5) is 12.0. The number of ether oxygens (including phenoxy) is 1. The molecule has 0 saturated carbocycles. The molecule has 20 heavy (non-hydrogen) atoms. The molecule has 0 spiro atoms. The van der Waals surface area contributed by atoms with Crippen molar-refractivity contribution in [1.82, 2.24) is 4.57 Å². The second-order valence-corrected chi connectivity index (χ2v) is 5.29. The van der Waals surface area contributed by atoms with Gasteiger partial charge in [0.15, 0.2) is 5.78 Å². The van der Waals surface area contributed by atoms with E-state index in [-0.39, 0.29) is 11.7 Å². The van der Waals surface area contributed by atoms with Gasteiger partial charge in [0.1, 0.15) is 5.75 Å². The Balaban J connectivity index is 2.18. The molecular weight excluding hydrogens is 250 g/mol. The molecule has 1 aromatic heterocycles. The first-order valence-corrected chi connectivity index (χ1v) is 7.40. The fraction of sp³-hybridized carbons (Fsp3) is 0.471. The van der Waals surface area contributed by atoms with Crippen molar-refractivity contribution in [2.24, 2.45) is 5.92 Å². The van der Waals surface area contributed by atoms with Gasteiger partial charge < -0.3 is 9.30 Å². The van der Waals surface area contributed by atoms with Gasteiger partial charge in [0.25, 0.3) is 0 Å². The normalized spacial score (nSPS) is 12.6. The fourth-order valence-electron chi connectivity index (χ4n) is 2.18. The molecule has 0 N–H and O–H groups in total. The van der Waals surface area contributed by atoms with E-state index in [2.05, 4.69) is 6.92 Å². The molecule has 1 atom stereocenters. The van der Waals surface area contributed by atoms with Crippen LogP contribution < -0.4 is 4.74 Å². The smallest absolute Gasteiger partial charge is 0.155 e. The Bertz CT molecular complexity index is 586. The number of hydrogen-bond donors (Lipinski definition) is 0. The van der Waals surface area contributed by atoms with Crippen molar-refractivity contribution < 1.29 is 9.53 Å². The summed E-state index contributed by atoms with van der Waals surface area (Å²) < 4.78 is 7.65. The Morgan fingerprint density at radius 2 is 2.10 bits per heavy atom. The predicted octanol–water partition coefficient (Wildman–Crippen LogP) is 4.05. The molecule has 1 aromatic carbocycles. The number of benzene rings is 1.